The number of nitrogens with one attached hydrogen (secondary N) is 2. The monoisotopic (exact) mass is 692 g/mol. The minimum absolute atomic E-state index is 0.0172. The summed E-state index contributed by atoms with van der Waals surface area (Å²) in [4.78, 5) is 34.9. The molecule has 2 aromatic heterocycles. The van der Waals surface area contributed by atoms with Crippen LogP contribution in [0.2, 0.25) is 0 Å². The van der Waals surface area contributed by atoms with Crippen LogP contribution in [0.5, 0.6) is 11.5 Å². The molecule has 1 aliphatic heterocycles. The zero-order valence-electron chi connectivity index (χ0n) is 25.7. The Morgan fingerprint density at radius 2 is 1.73 bits per heavy atom. The maximum Gasteiger partial charge on any atom is 0.424 e. The van der Waals surface area contributed by atoms with Gasteiger partial charge < -0.3 is 25.2 Å². The molecule has 0 saturated heterocycles. The van der Waals surface area contributed by atoms with Gasteiger partial charge in [0.1, 0.15) is 46.1 Å². The first kappa shape index (κ1) is 33.9. The van der Waals surface area contributed by atoms with Gasteiger partial charge in [0.2, 0.25) is 11.5 Å². The molecule has 9 nitrogen and oxygen atoms in total. The Labute approximate surface area is 273 Å². The van der Waals surface area contributed by atoms with Gasteiger partial charge in [0.15, 0.2) is 0 Å². The average molecular weight is 693 g/mol. The lowest BCUT2D eigenvalue weighted by molar-refractivity contribution is -0.265. The van der Waals surface area contributed by atoms with Crippen molar-refractivity contribution >= 4 is 22.7 Å². The number of rotatable bonds is 8. The SMILES string of the molecule is COc1cc(C(=O)NCC(O)(c2cc3c(c(-c4ccc(F)cc4)n2)OC[C@]3(C)C(=O)NC2(C(F)(F)F)CC2)C(F)(F)F)cc2cccnc12. The number of fused-ring (bicyclic) bond motifs is 2. The maximum atomic E-state index is 14.9. The van der Waals surface area contributed by atoms with Crippen molar-refractivity contribution in [1.82, 2.24) is 20.6 Å². The molecule has 2 amide bonds. The highest BCUT2D eigenvalue weighted by molar-refractivity contribution is 6.00. The second-order valence-corrected chi connectivity index (χ2v) is 12.2. The molecule has 1 fully saturated rings. The third-order valence-electron chi connectivity index (χ3n) is 8.89. The Hall–Kier alpha value is -4.99. The van der Waals surface area contributed by atoms with Crippen LogP contribution in [0.4, 0.5) is 30.7 Å². The molecule has 2 atom stereocenters. The smallest absolute Gasteiger partial charge is 0.424 e. The van der Waals surface area contributed by atoms with E-state index < -0.39 is 65.4 Å². The van der Waals surface area contributed by atoms with Crippen molar-refractivity contribution in [2.75, 3.05) is 20.3 Å². The van der Waals surface area contributed by atoms with Crippen molar-refractivity contribution in [3.8, 4) is 22.8 Å². The number of aromatic nitrogens is 2. The van der Waals surface area contributed by atoms with E-state index in [1.807, 2.05) is 5.32 Å². The first-order valence-corrected chi connectivity index (χ1v) is 14.8. The number of methoxy groups -OCH3 is 1. The molecule has 4 aromatic rings. The summed E-state index contributed by atoms with van der Waals surface area (Å²) in [6.45, 7) is -0.866. The fourth-order valence-corrected chi connectivity index (χ4v) is 5.64. The molecule has 49 heavy (non-hydrogen) atoms. The fourth-order valence-electron chi connectivity index (χ4n) is 5.64. The minimum atomic E-state index is -5.50. The van der Waals surface area contributed by atoms with Crippen LogP contribution in [0.15, 0.2) is 60.8 Å². The van der Waals surface area contributed by atoms with E-state index in [-0.39, 0.29) is 46.7 Å². The van der Waals surface area contributed by atoms with E-state index >= 15 is 0 Å². The number of aliphatic hydroxyl groups is 1. The molecule has 0 spiro atoms. The average Bonchev–Trinajstić information content (AvgIpc) is 3.78. The Morgan fingerprint density at radius 3 is 2.35 bits per heavy atom. The molecule has 3 N–H and O–H groups in total. The number of benzene rings is 2. The van der Waals surface area contributed by atoms with Crippen molar-refractivity contribution in [1.29, 1.82) is 0 Å². The van der Waals surface area contributed by atoms with E-state index in [0.717, 1.165) is 18.2 Å². The number of alkyl halides is 6. The molecular weight excluding hydrogens is 665 g/mol. The van der Waals surface area contributed by atoms with Crippen LogP contribution in [0.25, 0.3) is 22.2 Å². The van der Waals surface area contributed by atoms with Gasteiger partial charge in [0.05, 0.1) is 19.3 Å². The number of hydrogen-bond acceptors (Lipinski definition) is 7. The molecule has 3 heterocycles. The summed E-state index contributed by atoms with van der Waals surface area (Å²) >= 11 is 0. The topological polar surface area (TPSA) is 123 Å². The molecule has 16 heteroatoms. The van der Waals surface area contributed by atoms with Gasteiger partial charge in [0.25, 0.3) is 5.91 Å². The van der Waals surface area contributed by atoms with Crippen molar-refractivity contribution in [3.63, 3.8) is 0 Å². The molecule has 2 aliphatic rings. The number of amides is 2. The summed E-state index contributed by atoms with van der Waals surface area (Å²) in [7, 11) is 1.32. The summed E-state index contributed by atoms with van der Waals surface area (Å²) in [6, 6.07) is 10.8. The second-order valence-electron chi connectivity index (χ2n) is 12.2. The molecule has 6 rings (SSSR count). The van der Waals surface area contributed by atoms with E-state index in [0.29, 0.717) is 10.9 Å². The lowest BCUT2D eigenvalue weighted by Gasteiger charge is -2.32. The van der Waals surface area contributed by atoms with Gasteiger partial charge in [-0.3, -0.25) is 14.6 Å². The quantitative estimate of drug-likeness (QED) is 0.209. The zero-order valence-corrected chi connectivity index (χ0v) is 25.7. The molecule has 1 aliphatic carbocycles. The Balaban J connectivity index is 1.42. The zero-order chi connectivity index (χ0) is 35.6. The highest BCUT2D eigenvalue weighted by Gasteiger charge is 2.66. The standard InChI is InChI=1S/C33H27F7N4O5/c1-29(28(46)44-30(9-10-30)32(35,36)37)16-49-26-21(29)14-23(43-25(26)17-5-7-20(34)8-6-17)31(47,33(38,39)40)15-42-27(45)19-12-18-4-3-11-41-24(18)22(13-19)48-2/h3-8,11-14,47H,9-10,15-16H2,1-2H3,(H,42,45)(H,44,46)/t29-,31?/m0/s1. The fraction of sp³-hybridized carbons (Fsp3) is 0.333. The van der Waals surface area contributed by atoms with Crippen LogP contribution < -0.4 is 20.1 Å². The third-order valence-corrected chi connectivity index (χ3v) is 8.89. The largest absolute Gasteiger partial charge is 0.494 e. The van der Waals surface area contributed by atoms with Gasteiger partial charge in [-0.05, 0) is 68.3 Å². The lowest BCUT2D eigenvalue weighted by atomic mass is 9.81. The summed E-state index contributed by atoms with van der Waals surface area (Å²) in [5.41, 5.74) is -9.83. The van der Waals surface area contributed by atoms with Crippen LogP contribution in [0.3, 0.4) is 0 Å². The molecule has 1 unspecified atom stereocenters. The predicted octanol–water partition coefficient (Wildman–Crippen LogP) is 5.49. The number of carbonyl (C=O) groups is 2. The number of pyridine rings is 2. The Bertz CT molecular complexity index is 1960. The van der Waals surface area contributed by atoms with Crippen molar-refractivity contribution < 1.29 is 54.9 Å². The Morgan fingerprint density at radius 1 is 1.04 bits per heavy atom. The van der Waals surface area contributed by atoms with Crippen LogP contribution >= 0.6 is 0 Å². The summed E-state index contributed by atoms with van der Waals surface area (Å²) in [6.07, 6.45) is -9.58. The molecule has 0 radical (unpaired) electrons. The van der Waals surface area contributed by atoms with E-state index in [2.05, 4.69) is 15.3 Å². The highest BCUT2D eigenvalue weighted by Crippen LogP contribution is 2.52. The molecule has 2 aromatic carbocycles. The first-order chi connectivity index (χ1) is 22.9. The van der Waals surface area contributed by atoms with Crippen LogP contribution in [0.1, 0.15) is 41.4 Å². The highest BCUT2D eigenvalue weighted by atomic mass is 19.4. The van der Waals surface area contributed by atoms with Gasteiger partial charge in [-0.1, -0.05) is 6.07 Å². The number of carbonyl (C=O) groups excluding carboxylic acids is 2. The predicted molar refractivity (Wildman–Crippen MR) is 159 cm³/mol. The van der Waals surface area contributed by atoms with Gasteiger partial charge in [-0.2, -0.15) is 26.3 Å². The molecular formula is C33H27F7N4O5. The molecule has 0 bridgehead atoms. The summed E-state index contributed by atoms with van der Waals surface area (Å²) < 4.78 is 111. The van der Waals surface area contributed by atoms with E-state index in [9.17, 15) is 45.4 Å². The van der Waals surface area contributed by atoms with Crippen molar-refractivity contribution in [2.45, 2.75) is 48.7 Å². The third kappa shape index (κ3) is 5.77. The Kier molecular flexibility index (Phi) is 8.00. The van der Waals surface area contributed by atoms with Gasteiger partial charge >= 0.3 is 12.4 Å². The van der Waals surface area contributed by atoms with Gasteiger partial charge in [-0.25, -0.2) is 9.37 Å². The first-order valence-electron chi connectivity index (χ1n) is 14.8. The number of nitrogens with zero attached hydrogens (tertiary/aromatic N) is 2. The maximum absolute atomic E-state index is 14.9. The van der Waals surface area contributed by atoms with Gasteiger partial charge in [0, 0.05) is 28.3 Å². The number of halogens is 7. The second kappa shape index (κ2) is 11.6. The number of hydrogen-bond donors (Lipinski definition) is 3. The van der Waals surface area contributed by atoms with Crippen LogP contribution in [-0.4, -0.2) is 65.0 Å². The summed E-state index contributed by atoms with van der Waals surface area (Å²) in [5.74, 6) is -2.97. The van der Waals surface area contributed by atoms with Crippen LogP contribution in [0, 0.1) is 5.82 Å². The van der Waals surface area contributed by atoms with E-state index in [4.69, 9.17) is 9.47 Å². The summed E-state index contributed by atoms with van der Waals surface area (Å²) in [5, 5.41) is 15.9. The lowest BCUT2D eigenvalue weighted by Crippen LogP contribution is -2.54. The minimum Gasteiger partial charge on any atom is -0.494 e. The molecule has 1 saturated carbocycles. The number of ether oxygens (including phenoxy) is 2. The van der Waals surface area contributed by atoms with Crippen molar-refractivity contribution in [2.24, 2.45) is 0 Å². The van der Waals surface area contributed by atoms with Crippen LogP contribution in [-0.2, 0) is 15.8 Å². The normalized spacial score (nSPS) is 19.4. The molecule has 258 valence electrons. The van der Waals surface area contributed by atoms with Gasteiger partial charge in [-0.15, -0.1) is 0 Å². The van der Waals surface area contributed by atoms with E-state index in [1.54, 1.807) is 12.1 Å². The van der Waals surface area contributed by atoms with E-state index in [1.165, 1.54) is 44.5 Å². The van der Waals surface area contributed by atoms with Crippen molar-refractivity contribution in [3.05, 3.63) is 83.4 Å².